The van der Waals surface area contributed by atoms with Gasteiger partial charge in [0.2, 0.25) is 0 Å². The van der Waals surface area contributed by atoms with Crippen molar-refractivity contribution in [2.75, 3.05) is 39.3 Å². The highest BCUT2D eigenvalue weighted by Crippen LogP contribution is 2.11. The molecule has 1 aliphatic heterocycles. The van der Waals surface area contributed by atoms with Gasteiger partial charge >= 0.3 is 0 Å². The maximum atomic E-state index is 5.55. The Morgan fingerprint density at radius 2 is 1.50 bits per heavy atom. The Morgan fingerprint density at radius 1 is 0.900 bits per heavy atom. The monoisotopic (exact) mass is 275 g/mol. The molecule has 0 radical (unpaired) electrons. The van der Waals surface area contributed by atoms with Gasteiger partial charge in [0.05, 0.1) is 0 Å². The number of benzene rings is 1. The molecule has 1 heterocycles. The number of nitrogens with zero attached hydrogens (tertiary/aromatic N) is 2. The molecular weight excluding hydrogens is 246 g/mol. The van der Waals surface area contributed by atoms with E-state index in [4.69, 9.17) is 5.73 Å². The average Bonchev–Trinajstić information content (AvgIpc) is 2.50. The smallest absolute Gasteiger partial charge is 0.0234 e. The lowest BCUT2D eigenvalue weighted by molar-refractivity contribution is 0.126. The number of hydrogen-bond acceptors (Lipinski definition) is 3. The van der Waals surface area contributed by atoms with E-state index in [0.717, 1.165) is 25.9 Å². The van der Waals surface area contributed by atoms with E-state index in [2.05, 4.69) is 41.0 Å². The van der Waals surface area contributed by atoms with Crippen LogP contribution in [0.3, 0.4) is 0 Å². The van der Waals surface area contributed by atoms with Crippen LogP contribution in [0.2, 0.25) is 0 Å². The molecule has 0 amide bonds. The highest BCUT2D eigenvalue weighted by molar-refractivity contribution is 5.22. The van der Waals surface area contributed by atoms with Crippen LogP contribution in [0.5, 0.6) is 0 Å². The summed E-state index contributed by atoms with van der Waals surface area (Å²) in [5, 5.41) is 0. The quantitative estimate of drug-likeness (QED) is 0.774. The minimum absolute atomic E-state index is 0.827. The van der Waals surface area contributed by atoms with Gasteiger partial charge in [0, 0.05) is 32.7 Å². The average molecular weight is 275 g/mol. The second kappa shape index (κ2) is 8.40. The summed E-state index contributed by atoms with van der Waals surface area (Å²) in [5.74, 6) is 0. The van der Waals surface area contributed by atoms with Crippen LogP contribution in [-0.2, 0) is 13.0 Å². The van der Waals surface area contributed by atoms with Crippen LogP contribution in [0.25, 0.3) is 0 Å². The first-order valence-corrected chi connectivity index (χ1v) is 8.04. The summed E-state index contributed by atoms with van der Waals surface area (Å²) in [6.45, 7) is 10.1. The van der Waals surface area contributed by atoms with Crippen LogP contribution < -0.4 is 5.73 Å². The molecule has 0 bridgehead atoms. The Hall–Kier alpha value is -0.900. The van der Waals surface area contributed by atoms with Crippen molar-refractivity contribution in [2.24, 2.45) is 5.73 Å². The van der Waals surface area contributed by atoms with E-state index < -0.39 is 0 Å². The molecule has 3 nitrogen and oxygen atoms in total. The maximum Gasteiger partial charge on any atom is 0.0234 e. The van der Waals surface area contributed by atoms with Crippen LogP contribution in [0, 0.1) is 0 Å². The van der Waals surface area contributed by atoms with Crippen molar-refractivity contribution < 1.29 is 0 Å². The maximum absolute atomic E-state index is 5.55. The minimum atomic E-state index is 0.827. The molecular formula is C17H29N3. The third kappa shape index (κ3) is 4.89. The fourth-order valence-electron chi connectivity index (χ4n) is 2.79. The second-order valence-electron chi connectivity index (χ2n) is 5.78. The predicted molar refractivity (Wildman–Crippen MR) is 85.8 cm³/mol. The van der Waals surface area contributed by atoms with Crippen LogP contribution in [0.4, 0.5) is 0 Å². The first kappa shape index (κ1) is 15.5. The molecule has 1 fully saturated rings. The van der Waals surface area contributed by atoms with Crippen molar-refractivity contribution in [1.82, 2.24) is 9.80 Å². The molecule has 2 rings (SSSR count). The third-order valence-electron chi connectivity index (χ3n) is 4.23. The summed E-state index contributed by atoms with van der Waals surface area (Å²) in [6.07, 6.45) is 3.53. The van der Waals surface area contributed by atoms with Crippen LogP contribution in [0.1, 0.15) is 30.9 Å². The second-order valence-corrected chi connectivity index (χ2v) is 5.78. The van der Waals surface area contributed by atoms with Gasteiger partial charge in [-0.1, -0.05) is 31.2 Å². The molecule has 1 saturated heterocycles. The van der Waals surface area contributed by atoms with Gasteiger partial charge in [-0.25, -0.2) is 0 Å². The summed E-state index contributed by atoms with van der Waals surface area (Å²) in [4.78, 5) is 5.15. The lowest BCUT2D eigenvalue weighted by Gasteiger charge is -2.34. The number of aryl methyl sites for hydroxylation is 1. The molecule has 1 aromatic rings. The summed E-state index contributed by atoms with van der Waals surface area (Å²) < 4.78 is 0. The third-order valence-corrected chi connectivity index (χ3v) is 4.23. The first-order chi connectivity index (χ1) is 9.81. The van der Waals surface area contributed by atoms with Crippen molar-refractivity contribution >= 4 is 0 Å². The molecule has 0 spiro atoms. The van der Waals surface area contributed by atoms with E-state index in [1.54, 1.807) is 0 Å². The molecule has 3 heteroatoms. The van der Waals surface area contributed by atoms with E-state index in [-0.39, 0.29) is 0 Å². The molecule has 112 valence electrons. The Bertz CT molecular complexity index is 366. The van der Waals surface area contributed by atoms with Crippen LogP contribution in [0.15, 0.2) is 24.3 Å². The minimum Gasteiger partial charge on any atom is -0.330 e. The van der Waals surface area contributed by atoms with Crippen molar-refractivity contribution in [2.45, 2.75) is 32.7 Å². The van der Waals surface area contributed by atoms with Gasteiger partial charge in [0.15, 0.2) is 0 Å². The molecule has 0 aromatic heterocycles. The molecule has 20 heavy (non-hydrogen) atoms. The zero-order chi connectivity index (χ0) is 14.2. The highest BCUT2D eigenvalue weighted by atomic mass is 15.3. The summed E-state index contributed by atoms with van der Waals surface area (Å²) in [7, 11) is 0. The molecule has 0 saturated carbocycles. The standard InChI is InChI=1S/C17H29N3/c1-2-16-5-7-17(8-6-16)15-20-13-11-19(12-14-20)10-4-3-9-18/h5-8H,2-4,9-15,18H2,1H3. The largest absolute Gasteiger partial charge is 0.330 e. The van der Waals surface area contributed by atoms with Gasteiger partial charge in [-0.2, -0.15) is 0 Å². The van der Waals surface area contributed by atoms with Crippen molar-refractivity contribution in [3.05, 3.63) is 35.4 Å². The molecule has 1 aliphatic rings. The number of nitrogens with two attached hydrogens (primary N) is 1. The fourth-order valence-corrected chi connectivity index (χ4v) is 2.79. The number of rotatable bonds is 7. The summed E-state index contributed by atoms with van der Waals surface area (Å²) in [6, 6.07) is 9.09. The van der Waals surface area contributed by atoms with Gasteiger partial charge < -0.3 is 10.6 Å². The lowest BCUT2D eigenvalue weighted by atomic mass is 10.1. The van der Waals surface area contributed by atoms with Gasteiger partial charge in [-0.05, 0) is 43.5 Å². The van der Waals surface area contributed by atoms with E-state index in [0.29, 0.717) is 0 Å². The Kier molecular flexibility index (Phi) is 6.51. The highest BCUT2D eigenvalue weighted by Gasteiger charge is 2.16. The summed E-state index contributed by atoms with van der Waals surface area (Å²) in [5.41, 5.74) is 8.42. The van der Waals surface area contributed by atoms with E-state index >= 15 is 0 Å². The first-order valence-electron chi connectivity index (χ1n) is 8.04. The Balaban J connectivity index is 1.70. The predicted octanol–water partition coefficient (Wildman–Crippen LogP) is 2.11. The molecule has 2 N–H and O–H groups in total. The number of hydrogen-bond donors (Lipinski definition) is 1. The van der Waals surface area contributed by atoms with E-state index in [9.17, 15) is 0 Å². The Labute approximate surface area is 123 Å². The van der Waals surface area contributed by atoms with E-state index in [1.165, 1.54) is 50.3 Å². The molecule has 0 atom stereocenters. The molecule has 0 aliphatic carbocycles. The Morgan fingerprint density at radius 3 is 2.10 bits per heavy atom. The SMILES string of the molecule is CCc1ccc(CN2CCN(CCCCN)CC2)cc1. The molecule has 0 unspecified atom stereocenters. The molecule has 1 aromatic carbocycles. The van der Waals surface area contributed by atoms with Crippen molar-refractivity contribution in [3.63, 3.8) is 0 Å². The number of piperazine rings is 1. The van der Waals surface area contributed by atoms with Crippen molar-refractivity contribution in [1.29, 1.82) is 0 Å². The zero-order valence-electron chi connectivity index (χ0n) is 12.9. The number of unbranched alkanes of at least 4 members (excludes halogenated alkanes) is 1. The lowest BCUT2D eigenvalue weighted by Crippen LogP contribution is -2.46. The van der Waals surface area contributed by atoms with E-state index in [1.807, 2.05) is 0 Å². The summed E-state index contributed by atoms with van der Waals surface area (Å²) >= 11 is 0. The normalized spacial score (nSPS) is 17.5. The van der Waals surface area contributed by atoms with Crippen molar-refractivity contribution in [3.8, 4) is 0 Å². The topological polar surface area (TPSA) is 32.5 Å². The van der Waals surface area contributed by atoms with Gasteiger partial charge in [-0.15, -0.1) is 0 Å². The van der Waals surface area contributed by atoms with Crippen LogP contribution in [-0.4, -0.2) is 49.1 Å². The van der Waals surface area contributed by atoms with Crippen LogP contribution >= 0.6 is 0 Å². The van der Waals surface area contributed by atoms with Gasteiger partial charge in [0.1, 0.15) is 0 Å². The van der Waals surface area contributed by atoms with Gasteiger partial charge in [-0.3, -0.25) is 4.90 Å². The van der Waals surface area contributed by atoms with Gasteiger partial charge in [0.25, 0.3) is 0 Å². The fraction of sp³-hybridized carbons (Fsp3) is 0.647. The zero-order valence-corrected chi connectivity index (χ0v) is 12.9.